The first-order valence-electron chi connectivity index (χ1n) is 6.37. The molecule has 0 saturated heterocycles. The monoisotopic (exact) mass is 262 g/mol. The molecule has 2 N–H and O–H groups in total. The Labute approximate surface area is 115 Å². The van der Waals surface area contributed by atoms with Gasteiger partial charge in [-0.15, -0.1) is 0 Å². The van der Waals surface area contributed by atoms with Gasteiger partial charge < -0.3 is 15.2 Å². The first-order chi connectivity index (χ1) is 8.89. The van der Waals surface area contributed by atoms with E-state index in [1.807, 2.05) is 39.0 Å². The van der Waals surface area contributed by atoms with Crippen LogP contribution in [-0.2, 0) is 0 Å². The third-order valence-electron chi connectivity index (χ3n) is 3.00. The van der Waals surface area contributed by atoms with Crippen LogP contribution in [0, 0.1) is 16.7 Å². The molecule has 1 atom stereocenters. The molecule has 0 aliphatic heterocycles. The molecule has 1 rings (SSSR count). The van der Waals surface area contributed by atoms with Gasteiger partial charge in [0.05, 0.1) is 25.2 Å². The fraction of sp³-hybridized carbons (Fsp3) is 0.533. The Morgan fingerprint density at radius 2 is 2.11 bits per heavy atom. The Hall–Kier alpha value is -1.73. The minimum Gasteiger partial charge on any atom is -0.497 e. The second kappa shape index (κ2) is 6.44. The normalized spacial score (nSPS) is 12.6. The average molecular weight is 262 g/mol. The van der Waals surface area contributed by atoms with E-state index in [2.05, 4.69) is 6.07 Å². The molecule has 19 heavy (non-hydrogen) atoms. The quantitative estimate of drug-likeness (QED) is 0.855. The standard InChI is InChI=1S/C15H22N2O2/c1-11(17)13-6-5-12(18-4)9-14(13)19-8-7-15(2,3)10-16/h5-6,9,11H,7-8,17H2,1-4H3. The summed E-state index contributed by atoms with van der Waals surface area (Å²) in [5.74, 6) is 1.46. The predicted molar refractivity (Wildman–Crippen MR) is 75.1 cm³/mol. The zero-order valence-corrected chi connectivity index (χ0v) is 12.1. The summed E-state index contributed by atoms with van der Waals surface area (Å²) >= 11 is 0. The molecule has 0 heterocycles. The number of methoxy groups -OCH3 is 1. The molecule has 104 valence electrons. The Bertz CT molecular complexity index is 462. The van der Waals surface area contributed by atoms with E-state index >= 15 is 0 Å². The van der Waals surface area contributed by atoms with Gasteiger partial charge in [-0.2, -0.15) is 5.26 Å². The van der Waals surface area contributed by atoms with Crippen molar-refractivity contribution in [1.29, 1.82) is 5.26 Å². The highest BCUT2D eigenvalue weighted by atomic mass is 16.5. The lowest BCUT2D eigenvalue weighted by atomic mass is 9.92. The average Bonchev–Trinajstić information content (AvgIpc) is 2.38. The van der Waals surface area contributed by atoms with Crippen molar-refractivity contribution in [2.24, 2.45) is 11.1 Å². The second-order valence-corrected chi connectivity index (χ2v) is 5.29. The fourth-order valence-corrected chi connectivity index (χ4v) is 1.61. The van der Waals surface area contributed by atoms with Crippen LogP contribution in [-0.4, -0.2) is 13.7 Å². The number of hydrogen-bond donors (Lipinski definition) is 1. The summed E-state index contributed by atoms with van der Waals surface area (Å²) in [5.41, 5.74) is 6.48. The maximum atomic E-state index is 8.97. The first-order valence-corrected chi connectivity index (χ1v) is 6.37. The molecule has 0 aliphatic carbocycles. The smallest absolute Gasteiger partial charge is 0.127 e. The van der Waals surface area contributed by atoms with Crippen molar-refractivity contribution in [3.05, 3.63) is 23.8 Å². The minimum atomic E-state index is -0.382. The van der Waals surface area contributed by atoms with Gasteiger partial charge >= 0.3 is 0 Å². The van der Waals surface area contributed by atoms with Crippen molar-refractivity contribution in [2.75, 3.05) is 13.7 Å². The van der Waals surface area contributed by atoms with Crippen molar-refractivity contribution in [2.45, 2.75) is 33.2 Å². The SMILES string of the molecule is COc1ccc(C(C)N)c(OCCC(C)(C)C#N)c1. The summed E-state index contributed by atoms with van der Waals surface area (Å²) in [5, 5.41) is 8.97. The molecule has 0 radical (unpaired) electrons. The van der Waals surface area contributed by atoms with Gasteiger partial charge in [-0.05, 0) is 33.3 Å². The van der Waals surface area contributed by atoms with Gasteiger partial charge in [-0.3, -0.25) is 0 Å². The Morgan fingerprint density at radius 1 is 1.42 bits per heavy atom. The van der Waals surface area contributed by atoms with Gasteiger partial charge in [0.2, 0.25) is 0 Å². The van der Waals surface area contributed by atoms with E-state index in [9.17, 15) is 0 Å². The summed E-state index contributed by atoms with van der Waals surface area (Å²) in [6.07, 6.45) is 0.666. The molecule has 0 bridgehead atoms. The molecular formula is C15H22N2O2. The predicted octanol–water partition coefficient (Wildman–Crippen LogP) is 3.03. The molecule has 4 heteroatoms. The van der Waals surface area contributed by atoms with Crippen LogP contribution in [0.5, 0.6) is 11.5 Å². The summed E-state index contributed by atoms with van der Waals surface area (Å²) < 4.78 is 11.0. The Balaban J connectivity index is 2.78. The van der Waals surface area contributed by atoms with Gasteiger partial charge in [-0.1, -0.05) is 6.07 Å². The summed E-state index contributed by atoms with van der Waals surface area (Å²) in [6, 6.07) is 7.76. The van der Waals surface area contributed by atoms with E-state index in [1.165, 1.54) is 0 Å². The molecule has 1 aromatic rings. The van der Waals surface area contributed by atoms with Crippen LogP contribution in [0.1, 0.15) is 38.8 Å². The molecule has 1 unspecified atom stereocenters. The van der Waals surface area contributed by atoms with Gasteiger partial charge in [-0.25, -0.2) is 0 Å². The van der Waals surface area contributed by atoms with Crippen LogP contribution in [0.4, 0.5) is 0 Å². The Kier molecular flexibility index (Phi) is 5.20. The first kappa shape index (κ1) is 15.3. The molecule has 0 aromatic heterocycles. The molecule has 0 aliphatic rings. The summed E-state index contributed by atoms with van der Waals surface area (Å²) in [4.78, 5) is 0. The fourth-order valence-electron chi connectivity index (χ4n) is 1.61. The van der Waals surface area contributed by atoms with Crippen molar-refractivity contribution >= 4 is 0 Å². The largest absolute Gasteiger partial charge is 0.497 e. The van der Waals surface area contributed by atoms with E-state index in [0.717, 1.165) is 17.1 Å². The lowest BCUT2D eigenvalue weighted by Crippen LogP contribution is -2.14. The molecule has 0 fully saturated rings. The van der Waals surface area contributed by atoms with Gasteiger partial charge in [0.25, 0.3) is 0 Å². The van der Waals surface area contributed by atoms with Crippen LogP contribution in [0.3, 0.4) is 0 Å². The third kappa shape index (κ3) is 4.46. The van der Waals surface area contributed by atoms with Crippen molar-refractivity contribution in [3.8, 4) is 17.6 Å². The third-order valence-corrected chi connectivity index (χ3v) is 3.00. The lowest BCUT2D eigenvalue weighted by Gasteiger charge is -2.18. The molecular weight excluding hydrogens is 240 g/mol. The van der Waals surface area contributed by atoms with Crippen molar-refractivity contribution in [3.63, 3.8) is 0 Å². The van der Waals surface area contributed by atoms with Gasteiger partial charge in [0.1, 0.15) is 11.5 Å². The van der Waals surface area contributed by atoms with E-state index in [0.29, 0.717) is 13.0 Å². The van der Waals surface area contributed by atoms with E-state index in [-0.39, 0.29) is 11.5 Å². The highest BCUT2D eigenvalue weighted by Crippen LogP contribution is 2.29. The minimum absolute atomic E-state index is 0.107. The number of benzene rings is 1. The van der Waals surface area contributed by atoms with Crippen LogP contribution in [0.15, 0.2) is 18.2 Å². The maximum Gasteiger partial charge on any atom is 0.127 e. The van der Waals surface area contributed by atoms with Gasteiger partial charge in [0, 0.05) is 17.7 Å². The lowest BCUT2D eigenvalue weighted by molar-refractivity contribution is 0.260. The molecule has 0 saturated carbocycles. The van der Waals surface area contributed by atoms with Crippen LogP contribution < -0.4 is 15.2 Å². The highest BCUT2D eigenvalue weighted by molar-refractivity contribution is 5.42. The number of nitrogens with two attached hydrogens (primary N) is 1. The van der Waals surface area contributed by atoms with E-state index < -0.39 is 0 Å². The molecule has 0 spiro atoms. The van der Waals surface area contributed by atoms with E-state index in [1.54, 1.807) is 7.11 Å². The summed E-state index contributed by atoms with van der Waals surface area (Å²) in [7, 11) is 1.61. The number of ether oxygens (including phenoxy) is 2. The number of hydrogen-bond acceptors (Lipinski definition) is 4. The number of nitriles is 1. The van der Waals surface area contributed by atoms with E-state index in [4.69, 9.17) is 20.5 Å². The van der Waals surface area contributed by atoms with Crippen molar-refractivity contribution < 1.29 is 9.47 Å². The molecule has 4 nitrogen and oxygen atoms in total. The van der Waals surface area contributed by atoms with Crippen LogP contribution in [0.2, 0.25) is 0 Å². The second-order valence-electron chi connectivity index (χ2n) is 5.29. The summed E-state index contributed by atoms with van der Waals surface area (Å²) in [6.45, 7) is 6.18. The van der Waals surface area contributed by atoms with Crippen LogP contribution in [0.25, 0.3) is 0 Å². The maximum absolute atomic E-state index is 8.97. The molecule has 0 amide bonds. The van der Waals surface area contributed by atoms with Crippen molar-refractivity contribution in [1.82, 2.24) is 0 Å². The molecule has 1 aromatic carbocycles. The zero-order chi connectivity index (χ0) is 14.5. The van der Waals surface area contributed by atoms with Crippen LogP contribution >= 0.6 is 0 Å². The topological polar surface area (TPSA) is 68.3 Å². The highest BCUT2D eigenvalue weighted by Gasteiger charge is 2.17. The number of nitrogens with zero attached hydrogens (tertiary/aromatic N) is 1. The number of rotatable bonds is 6. The Morgan fingerprint density at radius 3 is 2.63 bits per heavy atom. The van der Waals surface area contributed by atoms with Gasteiger partial charge in [0.15, 0.2) is 0 Å². The zero-order valence-electron chi connectivity index (χ0n) is 12.1.